The lowest BCUT2D eigenvalue weighted by atomic mass is 10.2. The Kier molecular flexibility index (Phi) is 4.26. The molecule has 1 aromatic carbocycles. The highest BCUT2D eigenvalue weighted by Crippen LogP contribution is 2.23. The number of fused-ring (bicyclic) bond motifs is 3. The molecule has 3 aromatic rings. The molecule has 1 amide bonds. The Hall–Kier alpha value is -3.16. The van der Waals surface area contributed by atoms with Gasteiger partial charge in [0.15, 0.2) is 6.10 Å². The smallest absolute Gasteiger partial charge is 0.326 e. The number of para-hydroxylation sites is 1. The number of esters is 1. The highest BCUT2D eigenvalue weighted by molar-refractivity contribution is 6.01. The van der Waals surface area contributed by atoms with Crippen molar-refractivity contribution in [2.45, 2.75) is 19.6 Å². The molecule has 0 aliphatic rings. The van der Waals surface area contributed by atoms with Crippen LogP contribution in [0.1, 0.15) is 6.92 Å². The summed E-state index contributed by atoms with van der Waals surface area (Å²) >= 11 is 0. The maximum absolute atomic E-state index is 12.5. The molecule has 0 spiro atoms. The lowest BCUT2D eigenvalue weighted by molar-refractivity contribution is -0.158. The standard InChI is InChI=1S/C17H17N3O5/c1-10(16(22)19(2)3)24-13(21)8-20-9-18-14-11-6-4-5-7-12(11)25-15(14)17(20)23/h4-7,9-10H,8H2,1-3H3. The highest BCUT2D eigenvalue weighted by Gasteiger charge is 2.20. The Morgan fingerprint density at radius 1 is 1.32 bits per heavy atom. The van der Waals surface area contributed by atoms with E-state index < -0.39 is 17.6 Å². The first kappa shape index (κ1) is 16.7. The minimum Gasteiger partial charge on any atom is -0.451 e. The molecule has 0 saturated carbocycles. The van der Waals surface area contributed by atoms with Crippen molar-refractivity contribution in [3.05, 3.63) is 40.9 Å². The normalized spacial score (nSPS) is 12.3. The third-order valence-corrected chi connectivity index (χ3v) is 3.75. The molecule has 0 fully saturated rings. The van der Waals surface area contributed by atoms with Crippen molar-refractivity contribution in [2.75, 3.05) is 14.1 Å². The predicted octanol–water partition coefficient (Wildman–Crippen LogP) is 1.16. The summed E-state index contributed by atoms with van der Waals surface area (Å²) < 4.78 is 11.7. The number of hydrogen-bond acceptors (Lipinski definition) is 6. The second-order valence-corrected chi connectivity index (χ2v) is 5.82. The number of carbonyl (C=O) groups excluding carboxylic acids is 2. The summed E-state index contributed by atoms with van der Waals surface area (Å²) in [6, 6.07) is 7.17. The molecule has 3 rings (SSSR count). The van der Waals surface area contributed by atoms with E-state index in [1.54, 1.807) is 32.3 Å². The van der Waals surface area contributed by atoms with Crippen molar-refractivity contribution >= 4 is 33.9 Å². The molecular weight excluding hydrogens is 326 g/mol. The molecule has 0 aliphatic carbocycles. The Bertz CT molecular complexity index is 1020. The number of amides is 1. The zero-order valence-corrected chi connectivity index (χ0v) is 14.1. The number of benzene rings is 1. The number of furan rings is 1. The maximum atomic E-state index is 12.5. The zero-order chi connectivity index (χ0) is 18.1. The molecule has 2 heterocycles. The third kappa shape index (κ3) is 3.10. The topological polar surface area (TPSA) is 94.6 Å². The van der Waals surface area contributed by atoms with Gasteiger partial charge in [-0.2, -0.15) is 0 Å². The average Bonchev–Trinajstić information content (AvgIpc) is 2.96. The summed E-state index contributed by atoms with van der Waals surface area (Å²) in [5.41, 5.74) is 0.590. The van der Waals surface area contributed by atoms with Crippen molar-refractivity contribution in [1.82, 2.24) is 14.5 Å². The Labute approximate surface area is 142 Å². The molecule has 0 N–H and O–H groups in total. The van der Waals surface area contributed by atoms with E-state index in [-0.39, 0.29) is 18.0 Å². The van der Waals surface area contributed by atoms with E-state index in [4.69, 9.17) is 9.15 Å². The van der Waals surface area contributed by atoms with Gasteiger partial charge in [0.2, 0.25) is 5.58 Å². The summed E-state index contributed by atoms with van der Waals surface area (Å²) in [4.78, 5) is 41.8. The molecule has 8 nitrogen and oxygen atoms in total. The van der Waals surface area contributed by atoms with Crippen LogP contribution in [-0.2, 0) is 20.9 Å². The second kappa shape index (κ2) is 6.39. The largest absolute Gasteiger partial charge is 0.451 e. The number of ether oxygens (including phenoxy) is 1. The lowest BCUT2D eigenvalue weighted by Crippen LogP contribution is -2.36. The van der Waals surface area contributed by atoms with E-state index in [2.05, 4.69) is 4.98 Å². The molecule has 8 heteroatoms. The number of nitrogens with zero attached hydrogens (tertiary/aromatic N) is 3. The summed E-state index contributed by atoms with van der Waals surface area (Å²) in [6.45, 7) is 1.12. The molecule has 130 valence electrons. The Morgan fingerprint density at radius 2 is 2.04 bits per heavy atom. The fourth-order valence-corrected chi connectivity index (χ4v) is 2.52. The van der Waals surface area contributed by atoms with Gasteiger partial charge in [0.1, 0.15) is 17.6 Å². The van der Waals surface area contributed by atoms with Crippen LogP contribution in [0.4, 0.5) is 0 Å². The van der Waals surface area contributed by atoms with Gasteiger partial charge in [-0.3, -0.25) is 19.0 Å². The number of rotatable bonds is 4. The van der Waals surface area contributed by atoms with E-state index in [1.807, 2.05) is 6.07 Å². The molecule has 25 heavy (non-hydrogen) atoms. The Balaban J connectivity index is 1.86. The van der Waals surface area contributed by atoms with Crippen molar-refractivity contribution in [1.29, 1.82) is 0 Å². The molecule has 0 aliphatic heterocycles. The number of hydrogen-bond donors (Lipinski definition) is 0. The van der Waals surface area contributed by atoms with Gasteiger partial charge in [0, 0.05) is 19.5 Å². The zero-order valence-electron chi connectivity index (χ0n) is 14.1. The first-order chi connectivity index (χ1) is 11.9. The quantitative estimate of drug-likeness (QED) is 0.660. The van der Waals surface area contributed by atoms with E-state index in [9.17, 15) is 14.4 Å². The van der Waals surface area contributed by atoms with Crippen molar-refractivity contribution < 1.29 is 18.7 Å². The van der Waals surface area contributed by atoms with Crippen LogP contribution >= 0.6 is 0 Å². The van der Waals surface area contributed by atoms with Gasteiger partial charge >= 0.3 is 5.97 Å². The van der Waals surface area contributed by atoms with Crippen LogP contribution in [0.15, 0.2) is 39.8 Å². The van der Waals surface area contributed by atoms with Gasteiger partial charge in [-0.1, -0.05) is 12.1 Å². The van der Waals surface area contributed by atoms with Gasteiger partial charge < -0.3 is 14.1 Å². The maximum Gasteiger partial charge on any atom is 0.326 e. The van der Waals surface area contributed by atoms with E-state index >= 15 is 0 Å². The molecule has 0 bridgehead atoms. The molecule has 0 saturated heterocycles. The van der Waals surface area contributed by atoms with Gasteiger partial charge in [-0.25, -0.2) is 4.98 Å². The van der Waals surface area contributed by atoms with E-state index in [1.165, 1.54) is 18.2 Å². The van der Waals surface area contributed by atoms with E-state index in [0.29, 0.717) is 11.1 Å². The van der Waals surface area contributed by atoms with E-state index in [0.717, 1.165) is 9.95 Å². The van der Waals surface area contributed by atoms with Gasteiger partial charge in [-0.15, -0.1) is 0 Å². The minimum absolute atomic E-state index is 0.0777. The fourth-order valence-electron chi connectivity index (χ4n) is 2.52. The number of carbonyl (C=O) groups is 2. The first-order valence-corrected chi connectivity index (χ1v) is 7.66. The van der Waals surface area contributed by atoms with Crippen molar-refractivity contribution in [3.8, 4) is 0 Å². The fraction of sp³-hybridized carbons (Fsp3) is 0.294. The minimum atomic E-state index is -0.930. The number of likely N-dealkylation sites (N-methyl/N-ethyl adjacent to an activating group) is 1. The monoisotopic (exact) mass is 343 g/mol. The SMILES string of the molecule is CC(OC(=O)Cn1cnc2c(oc3ccccc32)c1=O)C(=O)N(C)C. The number of aromatic nitrogens is 2. The van der Waals surface area contributed by atoms with Gasteiger partial charge in [0.05, 0.1) is 6.33 Å². The second-order valence-electron chi connectivity index (χ2n) is 5.82. The van der Waals surface area contributed by atoms with Crippen LogP contribution in [-0.4, -0.2) is 46.5 Å². The summed E-state index contributed by atoms with van der Waals surface area (Å²) in [7, 11) is 3.13. The third-order valence-electron chi connectivity index (χ3n) is 3.75. The predicted molar refractivity (Wildman–Crippen MR) is 90.0 cm³/mol. The lowest BCUT2D eigenvalue weighted by Gasteiger charge is -2.17. The molecule has 1 unspecified atom stereocenters. The van der Waals surface area contributed by atoms with Gasteiger partial charge in [-0.05, 0) is 19.1 Å². The Morgan fingerprint density at radius 3 is 2.76 bits per heavy atom. The van der Waals surface area contributed by atoms with Crippen LogP contribution in [0.25, 0.3) is 22.1 Å². The van der Waals surface area contributed by atoms with Gasteiger partial charge in [0.25, 0.3) is 11.5 Å². The van der Waals surface area contributed by atoms with Crippen LogP contribution in [0, 0.1) is 0 Å². The summed E-state index contributed by atoms with van der Waals surface area (Å²) in [5, 5.41) is 0.731. The highest BCUT2D eigenvalue weighted by atomic mass is 16.5. The summed E-state index contributed by atoms with van der Waals surface area (Å²) in [6.07, 6.45) is 0.341. The first-order valence-electron chi connectivity index (χ1n) is 7.66. The van der Waals surface area contributed by atoms with Crippen LogP contribution < -0.4 is 5.56 Å². The molecular formula is C17H17N3O5. The van der Waals surface area contributed by atoms with Crippen LogP contribution in [0.3, 0.4) is 0 Å². The van der Waals surface area contributed by atoms with Crippen LogP contribution in [0.2, 0.25) is 0 Å². The summed E-state index contributed by atoms with van der Waals surface area (Å²) in [5.74, 6) is -1.05. The molecule has 1 atom stereocenters. The average molecular weight is 343 g/mol. The van der Waals surface area contributed by atoms with Crippen molar-refractivity contribution in [2.24, 2.45) is 0 Å². The molecule has 2 aromatic heterocycles. The molecule has 0 radical (unpaired) electrons. The van der Waals surface area contributed by atoms with Crippen LogP contribution in [0.5, 0.6) is 0 Å². The van der Waals surface area contributed by atoms with Crippen molar-refractivity contribution in [3.63, 3.8) is 0 Å².